The number of ketones is 1. The van der Waals surface area contributed by atoms with Gasteiger partial charge in [0.05, 0.1) is 17.1 Å². The van der Waals surface area contributed by atoms with Crippen LogP contribution in [0.4, 0.5) is 0 Å². The zero-order valence-electron chi connectivity index (χ0n) is 16.3. The van der Waals surface area contributed by atoms with Crippen molar-refractivity contribution in [3.63, 3.8) is 0 Å². The lowest BCUT2D eigenvalue weighted by Crippen LogP contribution is -2.40. The number of methoxy groups -OCH3 is 1. The number of ether oxygens (including phenoxy) is 2. The van der Waals surface area contributed by atoms with Crippen LogP contribution < -0.4 is 4.74 Å². The van der Waals surface area contributed by atoms with E-state index < -0.39 is 0 Å². The number of hydrogen-bond acceptors (Lipinski definition) is 4. The summed E-state index contributed by atoms with van der Waals surface area (Å²) in [6, 6.07) is 10.0. The van der Waals surface area contributed by atoms with Crippen LogP contribution in [0.2, 0.25) is 0 Å². The Hall–Kier alpha value is -2.44. The summed E-state index contributed by atoms with van der Waals surface area (Å²) >= 11 is 3.56. The van der Waals surface area contributed by atoms with Crippen molar-refractivity contribution in [2.75, 3.05) is 27.4 Å². The van der Waals surface area contributed by atoms with Crippen molar-refractivity contribution in [3.05, 3.63) is 62.8 Å². The summed E-state index contributed by atoms with van der Waals surface area (Å²) in [4.78, 5) is 21.4. The van der Waals surface area contributed by atoms with Crippen molar-refractivity contribution in [3.8, 4) is 5.75 Å². The number of aromatic nitrogens is 1. The maximum absolute atomic E-state index is 13.6. The first-order valence-corrected chi connectivity index (χ1v) is 10.5. The first-order valence-electron chi connectivity index (χ1n) is 9.68. The number of rotatable bonds is 2. The lowest BCUT2D eigenvalue weighted by molar-refractivity contribution is 0.0601. The molecular weight excluding hydrogens is 432 g/mol. The number of aliphatic imine (C=N–C) groups is 1. The van der Waals surface area contributed by atoms with Gasteiger partial charge in [0.15, 0.2) is 5.78 Å². The minimum Gasteiger partial charge on any atom is -0.496 e. The molecule has 6 heteroatoms. The molecule has 0 radical (unpaired) electrons. The van der Waals surface area contributed by atoms with Gasteiger partial charge >= 0.3 is 0 Å². The van der Waals surface area contributed by atoms with Gasteiger partial charge in [-0.1, -0.05) is 12.1 Å². The van der Waals surface area contributed by atoms with E-state index in [9.17, 15) is 4.79 Å². The molecule has 1 aliphatic heterocycles. The number of benzene rings is 2. The third kappa shape index (κ3) is 2.62. The summed E-state index contributed by atoms with van der Waals surface area (Å²) in [7, 11) is 3.41. The molecule has 5 rings (SSSR count). The highest BCUT2D eigenvalue weighted by Crippen LogP contribution is 2.51. The first kappa shape index (κ1) is 18.6. The summed E-state index contributed by atoms with van der Waals surface area (Å²) in [5.41, 5.74) is 5.24. The smallest absolute Gasteiger partial charge is 0.195 e. The molecule has 1 N–H and O–H groups in total. The van der Waals surface area contributed by atoms with E-state index in [1.807, 2.05) is 30.5 Å². The molecule has 0 saturated carbocycles. The molecule has 2 aromatic carbocycles. The zero-order valence-corrected chi connectivity index (χ0v) is 17.9. The molecule has 1 fully saturated rings. The maximum atomic E-state index is 13.6. The number of fused-ring (bicyclic) bond motifs is 6. The van der Waals surface area contributed by atoms with Crippen molar-refractivity contribution in [2.24, 2.45) is 4.99 Å². The van der Waals surface area contributed by atoms with Gasteiger partial charge in [0.1, 0.15) is 5.75 Å². The third-order valence-electron chi connectivity index (χ3n) is 6.20. The Balaban J connectivity index is 1.83. The lowest BCUT2D eigenvalue weighted by Gasteiger charge is -2.41. The van der Waals surface area contributed by atoms with Crippen molar-refractivity contribution >= 4 is 38.8 Å². The van der Waals surface area contributed by atoms with Crippen LogP contribution in [-0.4, -0.2) is 44.4 Å². The van der Waals surface area contributed by atoms with Gasteiger partial charge in [0, 0.05) is 54.1 Å². The Morgan fingerprint density at radius 3 is 2.76 bits per heavy atom. The number of H-pyrrole nitrogens is 1. The van der Waals surface area contributed by atoms with E-state index in [2.05, 4.69) is 32.0 Å². The molecule has 148 valence electrons. The van der Waals surface area contributed by atoms with Crippen molar-refractivity contribution in [1.29, 1.82) is 0 Å². The largest absolute Gasteiger partial charge is 0.496 e. The first-order chi connectivity index (χ1) is 14.1. The van der Waals surface area contributed by atoms with Crippen LogP contribution in [0.5, 0.6) is 5.75 Å². The predicted molar refractivity (Wildman–Crippen MR) is 117 cm³/mol. The predicted octanol–water partition coefficient (Wildman–Crippen LogP) is 4.63. The molecule has 29 heavy (non-hydrogen) atoms. The van der Waals surface area contributed by atoms with Gasteiger partial charge in [0.2, 0.25) is 0 Å². The minimum absolute atomic E-state index is 0.0543. The molecule has 0 bridgehead atoms. The molecule has 1 saturated heterocycles. The number of aromatic amines is 1. The van der Waals surface area contributed by atoms with Crippen LogP contribution in [0.25, 0.3) is 10.9 Å². The van der Waals surface area contributed by atoms with E-state index in [4.69, 9.17) is 9.47 Å². The Bertz CT molecular complexity index is 1170. The van der Waals surface area contributed by atoms with E-state index in [1.54, 1.807) is 14.2 Å². The van der Waals surface area contributed by atoms with Crippen LogP contribution in [0, 0.1) is 0 Å². The number of nitrogens with one attached hydrogen (secondary N) is 1. The average molecular weight is 453 g/mol. The zero-order chi connectivity index (χ0) is 20.2. The normalized spacial score (nSPS) is 17.7. The monoisotopic (exact) mass is 452 g/mol. The second-order valence-electron chi connectivity index (χ2n) is 7.62. The molecule has 3 aromatic rings. The second kappa shape index (κ2) is 6.82. The van der Waals surface area contributed by atoms with Crippen molar-refractivity contribution < 1.29 is 14.3 Å². The van der Waals surface area contributed by atoms with E-state index in [0.29, 0.717) is 13.2 Å². The molecule has 0 atom stereocenters. The molecule has 2 aliphatic rings. The Kier molecular flexibility index (Phi) is 4.37. The summed E-state index contributed by atoms with van der Waals surface area (Å²) < 4.78 is 12.0. The summed E-state index contributed by atoms with van der Waals surface area (Å²) in [6.07, 6.45) is 3.46. The molecule has 5 nitrogen and oxygen atoms in total. The Labute approximate surface area is 177 Å². The fraction of sp³-hybridized carbons (Fsp3) is 0.304. The fourth-order valence-electron chi connectivity index (χ4n) is 4.84. The van der Waals surface area contributed by atoms with E-state index in [1.165, 1.54) is 0 Å². The number of carbonyl (C=O) groups is 1. The third-order valence-corrected chi connectivity index (χ3v) is 6.82. The summed E-state index contributed by atoms with van der Waals surface area (Å²) in [5.74, 6) is 0.794. The van der Waals surface area contributed by atoms with E-state index >= 15 is 0 Å². The molecule has 2 heterocycles. The van der Waals surface area contributed by atoms with Gasteiger partial charge in [-0.15, -0.1) is 0 Å². The van der Waals surface area contributed by atoms with Gasteiger partial charge in [-0.3, -0.25) is 9.79 Å². The highest BCUT2D eigenvalue weighted by atomic mass is 79.9. The van der Waals surface area contributed by atoms with Crippen molar-refractivity contribution in [1.82, 2.24) is 4.98 Å². The number of nitrogens with zero attached hydrogens (tertiary/aromatic N) is 1. The Morgan fingerprint density at radius 2 is 2.03 bits per heavy atom. The fourth-order valence-corrected chi connectivity index (χ4v) is 5.35. The molecular formula is C23H21BrN2O3. The lowest BCUT2D eigenvalue weighted by atomic mass is 9.64. The van der Waals surface area contributed by atoms with Gasteiger partial charge in [-0.2, -0.15) is 0 Å². The average Bonchev–Trinajstić information content (AvgIpc) is 3.13. The van der Waals surface area contributed by atoms with Crippen LogP contribution in [0.3, 0.4) is 0 Å². The maximum Gasteiger partial charge on any atom is 0.195 e. The van der Waals surface area contributed by atoms with Gasteiger partial charge in [-0.25, -0.2) is 0 Å². The molecule has 1 aliphatic carbocycles. The number of halogens is 1. The molecule has 0 unspecified atom stereocenters. The van der Waals surface area contributed by atoms with E-state index in [0.717, 1.165) is 61.9 Å². The van der Waals surface area contributed by atoms with Crippen LogP contribution >= 0.6 is 15.9 Å². The second-order valence-corrected chi connectivity index (χ2v) is 8.48. The van der Waals surface area contributed by atoms with E-state index in [-0.39, 0.29) is 11.2 Å². The van der Waals surface area contributed by atoms with Crippen LogP contribution in [0.1, 0.15) is 45.6 Å². The molecule has 0 amide bonds. The molecule has 1 aromatic heterocycles. The number of hydrogen-bond donors (Lipinski definition) is 1. The SMILES string of the molecule is CN=Cc1ccc2c3c([nH]c2c1)C1(CCOCC1)c1cc(OC)c(Br)cc1C3=O. The Morgan fingerprint density at radius 1 is 1.24 bits per heavy atom. The van der Waals surface area contributed by atoms with Gasteiger partial charge in [-0.05, 0) is 58.1 Å². The quantitative estimate of drug-likeness (QED) is 0.576. The van der Waals surface area contributed by atoms with Crippen LogP contribution in [0.15, 0.2) is 39.8 Å². The van der Waals surface area contributed by atoms with Gasteiger partial charge < -0.3 is 14.5 Å². The number of carbonyl (C=O) groups excluding carboxylic acids is 1. The van der Waals surface area contributed by atoms with Crippen molar-refractivity contribution in [2.45, 2.75) is 18.3 Å². The highest BCUT2D eigenvalue weighted by Gasteiger charge is 2.47. The highest BCUT2D eigenvalue weighted by molar-refractivity contribution is 9.10. The van der Waals surface area contributed by atoms with Crippen LogP contribution in [-0.2, 0) is 10.2 Å². The minimum atomic E-state index is -0.289. The standard InChI is InChI=1S/C23H21BrN2O3/c1-25-12-13-3-4-14-18(9-13)26-22-20(14)21(27)15-10-17(24)19(28-2)11-16(15)23(22)5-7-29-8-6-23/h3-4,9-12,26H,5-8H2,1-2H3. The topological polar surface area (TPSA) is 63.7 Å². The van der Waals surface area contributed by atoms with Gasteiger partial charge in [0.25, 0.3) is 0 Å². The summed E-state index contributed by atoms with van der Waals surface area (Å²) in [6.45, 7) is 1.32. The molecule has 1 spiro atoms. The summed E-state index contributed by atoms with van der Waals surface area (Å²) in [5, 5.41) is 0.960.